The lowest BCUT2D eigenvalue weighted by molar-refractivity contribution is 0.113. The minimum absolute atomic E-state index is 0.235. The average molecular weight is 196 g/mol. The minimum Gasteiger partial charge on any atom is -0.495 e. The molecule has 2 heteroatoms. The van der Waals surface area contributed by atoms with Gasteiger partial charge in [-0.2, -0.15) is 0 Å². The normalized spacial score (nSPS) is 17.9. The SMILES string of the molecule is CC(C)OC1=CCC(C(C)(C)O)=CC1. The maximum absolute atomic E-state index is 9.77. The number of hydrogen-bond donors (Lipinski definition) is 1. The molecule has 0 saturated carbocycles. The van der Waals surface area contributed by atoms with Gasteiger partial charge in [0.05, 0.1) is 17.5 Å². The van der Waals surface area contributed by atoms with E-state index in [4.69, 9.17) is 4.74 Å². The Kier molecular flexibility index (Phi) is 3.38. The van der Waals surface area contributed by atoms with Crippen LogP contribution >= 0.6 is 0 Å². The zero-order valence-electron chi connectivity index (χ0n) is 9.50. The van der Waals surface area contributed by atoms with Gasteiger partial charge in [-0.1, -0.05) is 6.08 Å². The molecule has 0 unspecified atom stereocenters. The van der Waals surface area contributed by atoms with E-state index in [1.807, 2.05) is 27.7 Å². The number of aliphatic hydroxyl groups is 1. The molecule has 0 bridgehead atoms. The maximum atomic E-state index is 9.77. The van der Waals surface area contributed by atoms with Gasteiger partial charge in [0.15, 0.2) is 0 Å². The second-order valence-corrected chi connectivity index (χ2v) is 4.53. The van der Waals surface area contributed by atoms with Crippen LogP contribution in [0.3, 0.4) is 0 Å². The quantitative estimate of drug-likeness (QED) is 0.703. The first-order chi connectivity index (χ1) is 6.39. The third-order valence-corrected chi connectivity index (χ3v) is 2.27. The molecule has 0 aliphatic heterocycles. The van der Waals surface area contributed by atoms with Crippen LogP contribution < -0.4 is 0 Å². The molecule has 1 aliphatic carbocycles. The van der Waals surface area contributed by atoms with Crippen molar-refractivity contribution in [1.29, 1.82) is 0 Å². The molecule has 0 aromatic heterocycles. The summed E-state index contributed by atoms with van der Waals surface area (Å²) in [6.45, 7) is 7.69. The van der Waals surface area contributed by atoms with Crippen molar-refractivity contribution in [3.05, 3.63) is 23.5 Å². The lowest BCUT2D eigenvalue weighted by Gasteiger charge is -2.25. The first kappa shape index (κ1) is 11.3. The molecule has 0 aromatic carbocycles. The second-order valence-electron chi connectivity index (χ2n) is 4.53. The third-order valence-electron chi connectivity index (χ3n) is 2.27. The highest BCUT2D eigenvalue weighted by atomic mass is 16.5. The molecule has 0 heterocycles. The first-order valence-electron chi connectivity index (χ1n) is 5.17. The monoisotopic (exact) mass is 196 g/mol. The number of rotatable bonds is 3. The van der Waals surface area contributed by atoms with E-state index in [0.29, 0.717) is 0 Å². The van der Waals surface area contributed by atoms with Crippen molar-refractivity contribution in [2.75, 3.05) is 0 Å². The summed E-state index contributed by atoms with van der Waals surface area (Å²) in [5.74, 6) is 1.02. The zero-order valence-corrected chi connectivity index (χ0v) is 9.50. The van der Waals surface area contributed by atoms with Crippen molar-refractivity contribution in [2.24, 2.45) is 0 Å². The average Bonchev–Trinajstić information content (AvgIpc) is 2.02. The Labute approximate surface area is 86.3 Å². The van der Waals surface area contributed by atoms with Crippen LogP contribution in [0.2, 0.25) is 0 Å². The molecule has 0 radical (unpaired) electrons. The van der Waals surface area contributed by atoms with Gasteiger partial charge in [0, 0.05) is 6.42 Å². The van der Waals surface area contributed by atoms with Gasteiger partial charge >= 0.3 is 0 Å². The lowest BCUT2D eigenvalue weighted by atomic mass is 9.91. The van der Waals surface area contributed by atoms with Gasteiger partial charge in [-0.25, -0.2) is 0 Å². The molecule has 1 rings (SSSR count). The molecule has 1 N–H and O–H groups in total. The van der Waals surface area contributed by atoms with Crippen molar-refractivity contribution >= 4 is 0 Å². The van der Waals surface area contributed by atoms with Crippen molar-refractivity contribution in [3.63, 3.8) is 0 Å². The molecule has 80 valence electrons. The van der Waals surface area contributed by atoms with Crippen LogP contribution in [0.5, 0.6) is 0 Å². The molecule has 0 aromatic rings. The van der Waals surface area contributed by atoms with Crippen LogP contribution in [0.15, 0.2) is 23.5 Å². The topological polar surface area (TPSA) is 29.5 Å². The van der Waals surface area contributed by atoms with E-state index in [2.05, 4.69) is 12.2 Å². The van der Waals surface area contributed by atoms with Crippen molar-refractivity contribution in [2.45, 2.75) is 52.2 Å². The maximum Gasteiger partial charge on any atom is 0.0964 e. The lowest BCUT2D eigenvalue weighted by Crippen LogP contribution is -2.23. The molecule has 1 aliphatic rings. The molecule has 2 nitrogen and oxygen atoms in total. The standard InChI is InChI=1S/C12H20O2/c1-9(2)14-11-7-5-10(6-8-11)12(3,4)13/h5,8-9,13H,6-7H2,1-4H3. The second kappa shape index (κ2) is 4.18. The summed E-state index contributed by atoms with van der Waals surface area (Å²) in [7, 11) is 0. The van der Waals surface area contributed by atoms with Gasteiger partial charge in [0.2, 0.25) is 0 Å². The van der Waals surface area contributed by atoms with Crippen LogP contribution in [-0.4, -0.2) is 16.8 Å². The third kappa shape index (κ3) is 3.18. The van der Waals surface area contributed by atoms with Gasteiger partial charge in [-0.05, 0) is 45.8 Å². The Bertz CT molecular complexity index is 254. The van der Waals surface area contributed by atoms with Gasteiger partial charge in [-0.15, -0.1) is 0 Å². The molecular weight excluding hydrogens is 176 g/mol. The van der Waals surface area contributed by atoms with E-state index in [1.54, 1.807) is 0 Å². The number of allylic oxidation sites excluding steroid dienone is 2. The van der Waals surface area contributed by atoms with Crippen LogP contribution in [0.4, 0.5) is 0 Å². The predicted octanol–water partition coefficient (Wildman–Crippen LogP) is 2.79. The van der Waals surface area contributed by atoms with Crippen LogP contribution in [0.25, 0.3) is 0 Å². The summed E-state index contributed by atoms with van der Waals surface area (Å²) in [6.07, 6.45) is 5.96. The summed E-state index contributed by atoms with van der Waals surface area (Å²) < 4.78 is 5.59. The Hall–Kier alpha value is -0.760. The molecule has 0 saturated heterocycles. The molecule has 14 heavy (non-hydrogen) atoms. The number of hydrogen-bond acceptors (Lipinski definition) is 2. The zero-order chi connectivity index (χ0) is 10.8. The van der Waals surface area contributed by atoms with E-state index in [9.17, 15) is 5.11 Å². The molecular formula is C12H20O2. The molecule has 0 spiro atoms. The fraction of sp³-hybridized carbons (Fsp3) is 0.667. The first-order valence-corrected chi connectivity index (χ1v) is 5.17. The molecule has 0 atom stereocenters. The summed E-state index contributed by atoms with van der Waals surface area (Å²) in [5.41, 5.74) is 0.383. The minimum atomic E-state index is -0.695. The molecule has 0 fully saturated rings. The summed E-state index contributed by atoms with van der Waals surface area (Å²) in [6, 6.07) is 0. The van der Waals surface area contributed by atoms with E-state index >= 15 is 0 Å². The van der Waals surface area contributed by atoms with Gasteiger partial charge < -0.3 is 9.84 Å². The molecule has 0 amide bonds. The van der Waals surface area contributed by atoms with E-state index in [0.717, 1.165) is 24.2 Å². The van der Waals surface area contributed by atoms with Crippen LogP contribution in [0.1, 0.15) is 40.5 Å². The highest BCUT2D eigenvalue weighted by Gasteiger charge is 2.20. The summed E-state index contributed by atoms with van der Waals surface area (Å²) in [4.78, 5) is 0. The largest absolute Gasteiger partial charge is 0.495 e. The summed E-state index contributed by atoms with van der Waals surface area (Å²) >= 11 is 0. The Morgan fingerprint density at radius 3 is 2.29 bits per heavy atom. The smallest absolute Gasteiger partial charge is 0.0964 e. The fourth-order valence-corrected chi connectivity index (χ4v) is 1.51. The van der Waals surface area contributed by atoms with Gasteiger partial charge in [-0.3, -0.25) is 0 Å². The van der Waals surface area contributed by atoms with E-state index < -0.39 is 5.60 Å². The predicted molar refractivity (Wildman–Crippen MR) is 57.9 cm³/mol. The van der Waals surface area contributed by atoms with Crippen molar-refractivity contribution in [3.8, 4) is 0 Å². The number of ether oxygens (including phenoxy) is 1. The van der Waals surface area contributed by atoms with E-state index in [-0.39, 0.29) is 6.10 Å². The van der Waals surface area contributed by atoms with E-state index in [1.165, 1.54) is 0 Å². The van der Waals surface area contributed by atoms with Crippen LogP contribution in [0, 0.1) is 0 Å². The van der Waals surface area contributed by atoms with Gasteiger partial charge in [0.25, 0.3) is 0 Å². The highest BCUT2D eigenvalue weighted by Crippen LogP contribution is 2.26. The highest BCUT2D eigenvalue weighted by molar-refractivity contribution is 5.24. The van der Waals surface area contributed by atoms with Crippen molar-refractivity contribution in [1.82, 2.24) is 0 Å². The summed E-state index contributed by atoms with van der Waals surface area (Å²) in [5, 5.41) is 9.77. The van der Waals surface area contributed by atoms with Crippen molar-refractivity contribution < 1.29 is 9.84 Å². The Morgan fingerprint density at radius 2 is 1.93 bits per heavy atom. The Morgan fingerprint density at radius 1 is 1.29 bits per heavy atom. The van der Waals surface area contributed by atoms with Gasteiger partial charge in [0.1, 0.15) is 0 Å². The fourth-order valence-electron chi connectivity index (χ4n) is 1.51. The van der Waals surface area contributed by atoms with Crippen LogP contribution in [-0.2, 0) is 4.74 Å². The Balaban J connectivity index is 2.53.